The van der Waals surface area contributed by atoms with E-state index in [1.165, 1.54) is 12.8 Å². The quantitative estimate of drug-likeness (QED) is 0.210. The number of nitrogens with zero attached hydrogens (tertiary/aromatic N) is 3. The van der Waals surface area contributed by atoms with E-state index >= 15 is 0 Å². The summed E-state index contributed by atoms with van der Waals surface area (Å²) in [6.45, 7) is 7.00. The van der Waals surface area contributed by atoms with E-state index in [4.69, 9.17) is 9.47 Å². The van der Waals surface area contributed by atoms with Crippen molar-refractivity contribution in [3.8, 4) is 28.5 Å². The van der Waals surface area contributed by atoms with Crippen LogP contribution in [0.15, 0.2) is 54.9 Å². The molecule has 4 aromatic rings. The molecule has 3 heterocycles. The summed E-state index contributed by atoms with van der Waals surface area (Å²) >= 11 is 0. The average Bonchev–Trinajstić information content (AvgIpc) is 3.50. The first-order valence-corrected chi connectivity index (χ1v) is 13.8. The van der Waals surface area contributed by atoms with Gasteiger partial charge in [-0.05, 0) is 66.8 Å². The number of ether oxygens (including phenoxy) is 2. The highest BCUT2D eigenvalue weighted by atomic mass is 16.5. The minimum Gasteiger partial charge on any atom is -0.507 e. The van der Waals surface area contributed by atoms with Crippen molar-refractivity contribution in [2.24, 2.45) is 0 Å². The number of fused-ring (bicyclic) bond motifs is 1. The number of pyridine rings is 1. The SMILES string of the molecule is CCCCCCOc1ccc(C2c3c(-c4cc(C)cc(C)c4O)n[nH]c3C(=O)N2Cc2cccnc2)cc1OC. The third-order valence-corrected chi connectivity index (χ3v) is 7.40. The van der Waals surface area contributed by atoms with E-state index < -0.39 is 6.04 Å². The number of hydrogen-bond acceptors (Lipinski definition) is 6. The summed E-state index contributed by atoms with van der Waals surface area (Å²) in [6.07, 6.45) is 7.95. The van der Waals surface area contributed by atoms with Crippen LogP contribution >= 0.6 is 0 Å². The Morgan fingerprint density at radius 3 is 2.67 bits per heavy atom. The first kappa shape index (κ1) is 27.2. The van der Waals surface area contributed by atoms with E-state index in [-0.39, 0.29) is 11.7 Å². The van der Waals surface area contributed by atoms with Gasteiger partial charge in [0.25, 0.3) is 5.91 Å². The summed E-state index contributed by atoms with van der Waals surface area (Å²) in [5.74, 6) is 1.27. The highest BCUT2D eigenvalue weighted by molar-refractivity contribution is 6.00. The maximum atomic E-state index is 13.8. The van der Waals surface area contributed by atoms with Gasteiger partial charge in [0.1, 0.15) is 17.1 Å². The fourth-order valence-electron chi connectivity index (χ4n) is 5.42. The van der Waals surface area contributed by atoms with Gasteiger partial charge in [-0.25, -0.2) is 0 Å². The first-order valence-electron chi connectivity index (χ1n) is 13.8. The molecule has 1 unspecified atom stereocenters. The predicted molar refractivity (Wildman–Crippen MR) is 154 cm³/mol. The molecule has 0 saturated carbocycles. The number of nitrogens with one attached hydrogen (secondary N) is 1. The monoisotopic (exact) mass is 540 g/mol. The summed E-state index contributed by atoms with van der Waals surface area (Å²) in [5.41, 5.74) is 5.81. The number of unbranched alkanes of at least 4 members (excludes halogenated alkanes) is 3. The zero-order valence-electron chi connectivity index (χ0n) is 23.5. The van der Waals surface area contributed by atoms with Crippen LogP contribution < -0.4 is 9.47 Å². The molecule has 8 heteroatoms. The minimum absolute atomic E-state index is 0.154. The van der Waals surface area contributed by atoms with Crippen LogP contribution in [0, 0.1) is 13.8 Å². The van der Waals surface area contributed by atoms with Crippen molar-refractivity contribution in [2.45, 2.75) is 59.0 Å². The number of amides is 1. The van der Waals surface area contributed by atoms with Crippen molar-refractivity contribution in [3.63, 3.8) is 0 Å². The van der Waals surface area contributed by atoms with E-state index in [2.05, 4.69) is 22.1 Å². The van der Waals surface area contributed by atoms with Gasteiger partial charge in [0, 0.05) is 30.1 Å². The molecule has 5 rings (SSSR count). The van der Waals surface area contributed by atoms with Crippen molar-refractivity contribution >= 4 is 5.91 Å². The van der Waals surface area contributed by atoms with Gasteiger partial charge in [-0.15, -0.1) is 0 Å². The van der Waals surface area contributed by atoms with Gasteiger partial charge in [-0.1, -0.05) is 44.4 Å². The molecule has 0 bridgehead atoms. The molecule has 2 N–H and O–H groups in total. The van der Waals surface area contributed by atoms with E-state index in [0.29, 0.717) is 41.6 Å². The number of rotatable bonds is 11. The number of phenolic OH excluding ortho intramolecular Hbond substituents is 1. The van der Waals surface area contributed by atoms with E-state index in [0.717, 1.165) is 40.7 Å². The fraction of sp³-hybridized carbons (Fsp3) is 0.344. The lowest BCUT2D eigenvalue weighted by atomic mass is 9.93. The van der Waals surface area contributed by atoms with Gasteiger partial charge in [0.05, 0.1) is 19.8 Å². The lowest BCUT2D eigenvalue weighted by molar-refractivity contribution is 0.0729. The topological polar surface area (TPSA) is 101 Å². The molecule has 1 amide bonds. The van der Waals surface area contributed by atoms with Crippen LogP contribution in [0.1, 0.15) is 77.0 Å². The van der Waals surface area contributed by atoms with Crippen LogP contribution in [-0.2, 0) is 6.54 Å². The van der Waals surface area contributed by atoms with Gasteiger partial charge in [-0.2, -0.15) is 5.10 Å². The van der Waals surface area contributed by atoms with E-state index in [9.17, 15) is 9.90 Å². The average molecular weight is 541 g/mol. The summed E-state index contributed by atoms with van der Waals surface area (Å²) < 4.78 is 11.8. The number of aromatic hydroxyl groups is 1. The summed E-state index contributed by atoms with van der Waals surface area (Å²) in [7, 11) is 1.62. The van der Waals surface area contributed by atoms with Gasteiger partial charge in [0.15, 0.2) is 11.5 Å². The molecule has 0 spiro atoms. The van der Waals surface area contributed by atoms with Gasteiger partial charge < -0.3 is 19.5 Å². The Morgan fingerprint density at radius 1 is 1.07 bits per heavy atom. The maximum absolute atomic E-state index is 13.8. The molecule has 2 aromatic heterocycles. The molecule has 1 atom stereocenters. The normalized spacial score (nSPS) is 14.4. The van der Waals surface area contributed by atoms with Crippen LogP contribution in [0.4, 0.5) is 0 Å². The lowest BCUT2D eigenvalue weighted by Crippen LogP contribution is -2.29. The number of carbonyl (C=O) groups is 1. The Morgan fingerprint density at radius 2 is 1.93 bits per heavy atom. The van der Waals surface area contributed by atoms with Crippen LogP contribution in [0.2, 0.25) is 0 Å². The lowest BCUT2D eigenvalue weighted by Gasteiger charge is -2.27. The molecule has 0 radical (unpaired) electrons. The van der Waals surface area contributed by atoms with Crippen LogP contribution in [0.5, 0.6) is 17.2 Å². The number of aryl methyl sites for hydroxylation is 2. The van der Waals surface area contributed by atoms with Gasteiger partial charge >= 0.3 is 0 Å². The van der Waals surface area contributed by atoms with Crippen molar-refractivity contribution in [1.29, 1.82) is 0 Å². The molecule has 8 nitrogen and oxygen atoms in total. The zero-order valence-corrected chi connectivity index (χ0v) is 23.5. The third kappa shape index (κ3) is 5.26. The van der Waals surface area contributed by atoms with Gasteiger partial charge in [-0.3, -0.25) is 14.9 Å². The molecule has 40 heavy (non-hydrogen) atoms. The molecular weight excluding hydrogens is 504 g/mol. The number of carbonyl (C=O) groups excluding carboxylic acids is 1. The smallest absolute Gasteiger partial charge is 0.273 e. The maximum Gasteiger partial charge on any atom is 0.273 e. The number of methoxy groups -OCH3 is 1. The van der Waals surface area contributed by atoms with E-state index in [1.807, 2.05) is 61.2 Å². The summed E-state index contributed by atoms with van der Waals surface area (Å²) in [5, 5.41) is 18.5. The number of phenols is 1. The standard InChI is InChI=1S/C32H36N4O4/c1-5-6-7-8-14-40-25-12-11-23(17-26(25)39-4)30-27-28(24-16-20(2)15-21(3)31(24)37)34-35-29(27)32(38)36(30)19-22-10-9-13-33-18-22/h9-13,15-18,30,37H,5-8,14,19H2,1-4H3,(H,34,35). The first-order chi connectivity index (χ1) is 19.4. The molecule has 0 aliphatic carbocycles. The second-order valence-corrected chi connectivity index (χ2v) is 10.4. The predicted octanol–water partition coefficient (Wildman–Crippen LogP) is 6.51. The number of H-pyrrole nitrogens is 1. The molecule has 1 aliphatic heterocycles. The molecule has 2 aromatic carbocycles. The van der Waals surface area contributed by atoms with E-state index in [1.54, 1.807) is 19.5 Å². The van der Waals surface area contributed by atoms with Crippen molar-refractivity contribution in [2.75, 3.05) is 13.7 Å². The minimum atomic E-state index is -0.468. The van der Waals surface area contributed by atoms with Gasteiger partial charge in [0.2, 0.25) is 0 Å². The Balaban J connectivity index is 1.58. The third-order valence-electron chi connectivity index (χ3n) is 7.40. The molecule has 208 valence electrons. The Hall–Kier alpha value is -4.33. The number of aromatic amines is 1. The molecule has 0 saturated heterocycles. The molecular formula is C32H36N4O4. The molecule has 0 fully saturated rings. The number of benzene rings is 2. The van der Waals surface area contributed by atoms with Crippen LogP contribution in [-0.4, -0.2) is 44.8 Å². The highest BCUT2D eigenvalue weighted by Crippen LogP contribution is 2.47. The van der Waals surface area contributed by atoms with Crippen LogP contribution in [0.3, 0.4) is 0 Å². The second-order valence-electron chi connectivity index (χ2n) is 10.4. The Labute approximate surface area is 235 Å². The number of hydrogen-bond donors (Lipinski definition) is 2. The van der Waals surface area contributed by atoms with Crippen molar-refractivity contribution in [1.82, 2.24) is 20.1 Å². The second kappa shape index (κ2) is 11.8. The summed E-state index contributed by atoms with van der Waals surface area (Å²) in [4.78, 5) is 19.9. The zero-order chi connectivity index (χ0) is 28.2. The van der Waals surface area contributed by atoms with Crippen molar-refractivity contribution < 1.29 is 19.4 Å². The number of aromatic nitrogens is 3. The largest absolute Gasteiger partial charge is 0.507 e. The summed E-state index contributed by atoms with van der Waals surface area (Å²) in [6, 6.07) is 13.0. The van der Waals surface area contributed by atoms with Crippen molar-refractivity contribution in [3.05, 3.63) is 88.4 Å². The fourth-order valence-corrected chi connectivity index (χ4v) is 5.42. The van der Waals surface area contributed by atoms with Crippen LogP contribution in [0.25, 0.3) is 11.3 Å². The highest BCUT2D eigenvalue weighted by Gasteiger charge is 2.43. The Kier molecular flexibility index (Phi) is 8.05. The molecule has 1 aliphatic rings. The Bertz CT molecular complexity index is 1500.